The monoisotopic (exact) mass is 315 g/mol. The van der Waals surface area contributed by atoms with Crippen molar-refractivity contribution >= 4 is 17.2 Å². The van der Waals surface area contributed by atoms with E-state index in [-0.39, 0.29) is 5.91 Å². The lowest BCUT2D eigenvalue weighted by Crippen LogP contribution is -2.41. The van der Waals surface area contributed by atoms with Gasteiger partial charge >= 0.3 is 0 Å². The standard InChI is InChI=1S/C17H21N3OS/c1-2-10-20(14-8-9-18-11-14)17(21)15-12-19-16(22-15)13-6-4-3-5-7-13/h3-7,12,14,18H,2,8-11H2,1H3. The number of hydrogen-bond donors (Lipinski definition) is 1. The molecule has 3 rings (SSSR count). The van der Waals surface area contributed by atoms with Crippen molar-refractivity contribution < 1.29 is 4.79 Å². The van der Waals surface area contributed by atoms with Crippen molar-refractivity contribution in [1.82, 2.24) is 15.2 Å². The number of thiazole rings is 1. The number of carbonyl (C=O) groups excluding carboxylic acids is 1. The Labute approximate surface area is 135 Å². The van der Waals surface area contributed by atoms with Gasteiger partial charge in [0.15, 0.2) is 0 Å². The van der Waals surface area contributed by atoms with Crippen molar-refractivity contribution in [1.29, 1.82) is 0 Å². The minimum atomic E-state index is 0.121. The van der Waals surface area contributed by atoms with Crippen LogP contribution in [0.25, 0.3) is 10.6 Å². The molecule has 1 aliphatic heterocycles. The first-order valence-electron chi connectivity index (χ1n) is 7.82. The second-order valence-electron chi connectivity index (χ2n) is 5.54. The molecule has 1 aromatic carbocycles. The van der Waals surface area contributed by atoms with Gasteiger partial charge in [-0.05, 0) is 19.4 Å². The van der Waals surface area contributed by atoms with Crippen molar-refractivity contribution in [3.8, 4) is 10.6 Å². The quantitative estimate of drug-likeness (QED) is 0.922. The number of hydrogen-bond acceptors (Lipinski definition) is 4. The van der Waals surface area contributed by atoms with E-state index in [4.69, 9.17) is 0 Å². The molecule has 2 aromatic rings. The van der Waals surface area contributed by atoms with Crippen LogP contribution in [0.3, 0.4) is 0 Å². The average molecular weight is 315 g/mol. The summed E-state index contributed by atoms with van der Waals surface area (Å²) in [6.45, 7) is 4.82. The SMILES string of the molecule is CCCN(C(=O)c1cnc(-c2ccccc2)s1)C1CCNC1. The molecule has 0 aliphatic carbocycles. The van der Waals surface area contributed by atoms with Crippen LogP contribution in [0.1, 0.15) is 29.4 Å². The Balaban J connectivity index is 1.80. The highest BCUT2D eigenvalue weighted by Gasteiger charge is 2.27. The fraction of sp³-hybridized carbons (Fsp3) is 0.412. The molecule has 1 N–H and O–H groups in total. The van der Waals surface area contributed by atoms with E-state index in [9.17, 15) is 4.79 Å². The van der Waals surface area contributed by atoms with E-state index < -0.39 is 0 Å². The van der Waals surface area contributed by atoms with Crippen LogP contribution in [0.4, 0.5) is 0 Å². The molecule has 1 fully saturated rings. The summed E-state index contributed by atoms with van der Waals surface area (Å²) in [5.74, 6) is 0.121. The maximum atomic E-state index is 12.8. The smallest absolute Gasteiger partial charge is 0.265 e. The Bertz CT molecular complexity index is 620. The highest BCUT2D eigenvalue weighted by molar-refractivity contribution is 7.16. The summed E-state index contributed by atoms with van der Waals surface area (Å²) in [5.41, 5.74) is 1.07. The van der Waals surface area contributed by atoms with Gasteiger partial charge in [0.1, 0.15) is 9.88 Å². The van der Waals surface area contributed by atoms with Crippen molar-refractivity contribution in [3.05, 3.63) is 41.4 Å². The summed E-state index contributed by atoms with van der Waals surface area (Å²) >= 11 is 1.48. The second kappa shape index (κ2) is 7.03. The lowest BCUT2D eigenvalue weighted by molar-refractivity contribution is 0.0697. The van der Waals surface area contributed by atoms with Gasteiger partial charge < -0.3 is 10.2 Å². The van der Waals surface area contributed by atoms with E-state index in [1.54, 1.807) is 6.20 Å². The third-order valence-corrected chi connectivity index (χ3v) is 4.97. The van der Waals surface area contributed by atoms with Crippen molar-refractivity contribution in [2.24, 2.45) is 0 Å². The summed E-state index contributed by atoms with van der Waals surface area (Å²) < 4.78 is 0. The number of aromatic nitrogens is 1. The number of carbonyl (C=O) groups is 1. The predicted molar refractivity (Wildman–Crippen MR) is 90.2 cm³/mol. The first-order valence-corrected chi connectivity index (χ1v) is 8.64. The van der Waals surface area contributed by atoms with E-state index >= 15 is 0 Å². The highest BCUT2D eigenvalue weighted by atomic mass is 32.1. The van der Waals surface area contributed by atoms with Gasteiger partial charge in [0.25, 0.3) is 5.91 Å². The molecule has 116 valence electrons. The largest absolute Gasteiger partial charge is 0.334 e. The lowest BCUT2D eigenvalue weighted by atomic mass is 10.2. The fourth-order valence-corrected chi connectivity index (χ4v) is 3.70. The zero-order chi connectivity index (χ0) is 15.4. The normalized spacial score (nSPS) is 17.6. The minimum absolute atomic E-state index is 0.121. The Hall–Kier alpha value is -1.72. The number of rotatable bonds is 5. The molecule has 0 saturated carbocycles. The summed E-state index contributed by atoms with van der Waals surface area (Å²) in [4.78, 5) is 20.0. The molecule has 1 saturated heterocycles. The van der Waals surface area contributed by atoms with Gasteiger partial charge in [-0.1, -0.05) is 37.3 Å². The van der Waals surface area contributed by atoms with Crippen LogP contribution in [-0.4, -0.2) is 41.5 Å². The predicted octanol–water partition coefficient (Wildman–Crippen LogP) is 3.02. The average Bonchev–Trinajstić information content (AvgIpc) is 3.24. The lowest BCUT2D eigenvalue weighted by Gasteiger charge is -2.27. The van der Waals surface area contributed by atoms with E-state index in [0.717, 1.165) is 47.9 Å². The Morgan fingerprint density at radius 1 is 1.41 bits per heavy atom. The Morgan fingerprint density at radius 2 is 2.23 bits per heavy atom. The van der Waals surface area contributed by atoms with Gasteiger partial charge in [-0.25, -0.2) is 4.98 Å². The molecule has 1 atom stereocenters. The number of nitrogens with one attached hydrogen (secondary N) is 1. The number of benzene rings is 1. The van der Waals surface area contributed by atoms with Gasteiger partial charge in [-0.2, -0.15) is 0 Å². The first kappa shape index (κ1) is 15.2. The van der Waals surface area contributed by atoms with Crippen LogP contribution in [-0.2, 0) is 0 Å². The van der Waals surface area contributed by atoms with Gasteiger partial charge in [0, 0.05) is 24.7 Å². The van der Waals surface area contributed by atoms with Crippen LogP contribution >= 0.6 is 11.3 Å². The molecule has 1 aromatic heterocycles. The minimum Gasteiger partial charge on any atom is -0.334 e. The van der Waals surface area contributed by atoms with E-state index in [0.29, 0.717) is 6.04 Å². The molecule has 5 heteroatoms. The molecular weight excluding hydrogens is 294 g/mol. The van der Waals surface area contributed by atoms with Crippen molar-refractivity contribution in [2.45, 2.75) is 25.8 Å². The van der Waals surface area contributed by atoms with Crippen molar-refractivity contribution in [3.63, 3.8) is 0 Å². The van der Waals surface area contributed by atoms with Gasteiger partial charge in [0.2, 0.25) is 0 Å². The molecule has 0 radical (unpaired) electrons. The highest BCUT2D eigenvalue weighted by Crippen LogP contribution is 2.26. The zero-order valence-electron chi connectivity index (χ0n) is 12.8. The van der Waals surface area contributed by atoms with Gasteiger partial charge in [0.05, 0.1) is 6.20 Å². The van der Waals surface area contributed by atoms with Gasteiger partial charge in [-0.15, -0.1) is 11.3 Å². The maximum absolute atomic E-state index is 12.8. The van der Waals surface area contributed by atoms with Crippen LogP contribution < -0.4 is 5.32 Å². The summed E-state index contributed by atoms with van der Waals surface area (Å²) in [5, 5.41) is 4.25. The van der Waals surface area contributed by atoms with E-state index in [1.165, 1.54) is 11.3 Å². The van der Waals surface area contributed by atoms with Gasteiger partial charge in [-0.3, -0.25) is 4.79 Å². The van der Waals surface area contributed by atoms with E-state index in [2.05, 4.69) is 17.2 Å². The molecule has 1 unspecified atom stereocenters. The van der Waals surface area contributed by atoms with Crippen LogP contribution in [0.15, 0.2) is 36.5 Å². The fourth-order valence-electron chi connectivity index (χ4n) is 2.83. The Kier molecular flexibility index (Phi) is 4.85. The zero-order valence-corrected chi connectivity index (χ0v) is 13.6. The second-order valence-corrected chi connectivity index (χ2v) is 6.57. The number of nitrogens with zero attached hydrogens (tertiary/aromatic N) is 2. The molecular formula is C17H21N3OS. The van der Waals surface area contributed by atoms with E-state index in [1.807, 2.05) is 35.2 Å². The molecule has 22 heavy (non-hydrogen) atoms. The Morgan fingerprint density at radius 3 is 2.91 bits per heavy atom. The van der Waals surface area contributed by atoms with Crippen LogP contribution in [0.2, 0.25) is 0 Å². The topological polar surface area (TPSA) is 45.2 Å². The molecule has 1 aliphatic rings. The van der Waals surface area contributed by atoms with Crippen molar-refractivity contribution in [2.75, 3.05) is 19.6 Å². The summed E-state index contributed by atoms with van der Waals surface area (Å²) in [6.07, 6.45) is 3.74. The first-order chi connectivity index (χ1) is 10.8. The molecule has 4 nitrogen and oxygen atoms in total. The molecule has 2 heterocycles. The molecule has 1 amide bonds. The molecule has 0 bridgehead atoms. The number of amides is 1. The van der Waals surface area contributed by atoms with Crippen LogP contribution in [0.5, 0.6) is 0 Å². The molecule has 0 spiro atoms. The van der Waals surface area contributed by atoms with Crippen LogP contribution in [0, 0.1) is 0 Å². The summed E-state index contributed by atoms with van der Waals surface area (Å²) in [7, 11) is 0. The third kappa shape index (κ3) is 3.20. The third-order valence-electron chi connectivity index (χ3n) is 3.94. The maximum Gasteiger partial charge on any atom is 0.265 e. The summed E-state index contributed by atoms with van der Waals surface area (Å²) in [6, 6.07) is 10.3.